The number of carbonyl (C=O) groups is 1. The first-order valence-electron chi connectivity index (χ1n) is 8.13. The minimum atomic E-state index is -3.26. The lowest BCUT2D eigenvalue weighted by molar-refractivity contribution is 0.0652. The van der Waals surface area contributed by atoms with Crippen molar-refractivity contribution in [3.8, 4) is 0 Å². The molecule has 0 spiro atoms. The summed E-state index contributed by atoms with van der Waals surface area (Å²) in [6.07, 6.45) is 3.57. The zero-order valence-electron chi connectivity index (χ0n) is 13.8. The Labute approximate surface area is 142 Å². The summed E-state index contributed by atoms with van der Waals surface area (Å²) in [6.45, 7) is 3.55. The number of hydrogen-bond donors (Lipinski definition) is 0. The minimum absolute atomic E-state index is 0.0457. The van der Waals surface area contributed by atoms with Gasteiger partial charge in [-0.1, -0.05) is 6.92 Å². The molecule has 3 rings (SSSR count). The molecule has 1 aromatic heterocycles. The van der Waals surface area contributed by atoms with Gasteiger partial charge in [0.2, 0.25) is 0 Å². The molecule has 1 aromatic carbocycles. The molecule has 0 aliphatic heterocycles. The molecular weight excluding hydrogens is 326 g/mol. The highest BCUT2D eigenvalue weighted by Gasteiger charge is 2.37. The predicted octanol–water partition coefficient (Wildman–Crippen LogP) is 3.44. The highest BCUT2D eigenvalue weighted by Crippen LogP contribution is 2.35. The summed E-state index contributed by atoms with van der Waals surface area (Å²) in [4.78, 5) is 15.0. The van der Waals surface area contributed by atoms with E-state index in [1.165, 1.54) is 12.1 Å². The summed E-state index contributed by atoms with van der Waals surface area (Å²) in [6, 6.07) is 9.94. The van der Waals surface area contributed by atoms with E-state index in [0.29, 0.717) is 5.56 Å². The first-order chi connectivity index (χ1) is 11.4. The minimum Gasteiger partial charge on any atom is -0.467 e. The van der Waals surface area contributed by atoms with E-state index in [1.807, 2.05) is 24.0 Å². The Morgan fingerprint density at radius 2 is 1.92 bits per heavy atom. The Balaban J connectivity index is 1.86. The summed E-state index contributed by atoms with van der Waals surface area (Å²) in [5.41, 5.74) is 0.496. The van der Waals surface area contributed by atoms with Gasteiger partial charge >= 0.3 is 0 Å². The van der Waals surface area contributed by atoms with Gasteiger partial charge in [-0.15, -0.1) is 0 Å². The summed E-state index contributed by atoms with van der Waals surface area (Å²) in [5.74, 6) is 0.701. The average Bonchev–Trinajstić information content (AvgIpc) is 3.26. The van der Waals surface area contributed by atoms with Gasteiger partial charge in [0.25, 0.3) is 5.91 Å². The van der Waals surface area contributed by atoms with Gasteiger partial charge in [-0.2, -0.15) is 0 Å². The number of rotatable bonds is 6. The van der Waals surface area contributed by atoms with Gasteiger partial charge in [-0.3, -0.25) is 4.79 Å². The molecule has 1 atom stereocenters. The molecule has 128 valence electrons. The van der Waals surface area contributed by atoms with Crippen molar-refractivity contribution < 1.29 is 17.6 Å². The molecule has 1 aliphatic rings. The topological polar surface area (TPSA) is 67.6 Å². The summed E-state index contributed by atoms with van der Waals surface area (Å²) in [5, 5.41) is 0. The molecule has 0 saturated heterocycles. The van der Waals surface area contributed by atoms with Crippen molar-refractivity contribution >= 4 is 15.7 Å². The monoisotopic (exact) mass is 347 g/mol. The first kappa shape index (κ1) is 16.8. The van der Waals surface area contributed by atoms with E-state index in [1.54, 1.807) is 25.3 Å². The lowest BCUT2D eigenvalue weighted by Gasteiger charge is -2.28. The maximum atomic E-state index is 12.9. The highest BCUT2D eigenvalue weighted by atomic mass is 32.2. The van der Waals surface area contributed by atoms with Crippen molar-refractivity contribution in [2.75, 3.05) is 5.75 Å². The van der Waals surface area contributed by atoms with Crippen molar-refractivity contribution in [2.45, 2.75) is 43.7 Å². The van der Waals surface area contributed by atoms with Crippen molar-refractivity contribution in [3.63, 3.8) is 0 Å². The molecule has 6 heteroatoms. The SMILES string of the molecule is CCS(=O)(=O)c1ccc(C(=O)N(C2CC2)[C@@H](C)c2ccco2)cc1. The lowest BCUT2D eigenvalue weighted by Crippen LogP contribution is -2.35. The van der Waals surface area contributed by atoms with Crippen LogP contribution in [0.3, 0.4) is 0 Å². The third-order valence-electron chi connectivity index (χ3n) is 4.39. The van der Waals surface area contributed by atoms with Crippen molar-refractivity contribution in [1.29, 1.82) is 0 Å². The molecule has 0 N–H and O–H groups in total. The van der Waals surface area contributed by atoms with Gasteiger partial charge in [-0.05, 0) is 56.2 Å². The van der Waals surface area contributed by atoms with Crippen LogP contribution in [0, 0.1) is 0 Å². The fraction of sp³-hybridized carbons (Fsp3) is 0.389. The Bertz CT molecular complexity index is 805. The highest BCUT2D eigenvalue weighted by molar-refractivity contribution is 7.91. The molecule has 1 heterocycles. The van der Waals surface area contributed by atoms with E-state index in [0.717, 1.165) is 18.6 Å². The Kier molecular flexibility index (Phi) is 4.49. The average molecular weight is 347 g/mol. The van der Waals surface area contributed by atoms with E-state index in [4.69, 9.17) is 4.42 Å². The normalized spacial score (nSPS) is 15.9. The molecule has 0 unspecified atom stereocenters. The van der Waals surface area contributed by atoms with Gasteiger partial charge in [-0.25, -0.2) is 8.42 Å². The maximum absolute atomic E-state index is 12.9. The first-order valence-corrected chi connectivity index (χ1v) is 9.78. The maximum Gasteiger partial charge on any atom is 0.254 e. The Hall–Kier alpha value is -2.08. The predicted molar refractivity (Wildman–Crippen MR) is 90.5 cm³/mol. The number of hydrogen-bond acceptors (Lipinski definition) is 4. The summed E-state index contributed by atoms with van der Waals surface area (Å²) < 4.78 is 29.2. The van der Waals surface area contributed by atoms with Crippen LogP contribution >= 0.6 is 0 Å². The van der Waals surface area contributed by atoms with E-state index >= 15 is 0 Å². The number of amides is 1. The van der Waals surface area contributed by atoms with Gasteiger partial charge in [0.15, 0.2) is 9.84 Å². The second kappa shape index (κ2) is 6.43. The Morgan fingerprint density at radius 3 is 2.42 bits per heavy atom. The second-order valence-electron chi connectivity index (χ2n) is 6.06. The van der Waals surface area contributed by atoms with E-state index < -0.39 is 9.84 Å². The van der Waals surface area contributed by atoms with E-state index in [2.05, 4.69) is 0 Å². The fourth-order valence-corrected chi connectivity index (χ4v) is 3.68. The molecule has 2 aromatic rings. The Morgan fingerprint density at radius 1 is 1.25 bits per heavy atom. The van der Waals surface area contributed by atoms with Crippen LogP contribution in [0.15, 0.2) is 52.0 Å². The lowest BCUT2D eigenvalue weighted by atomic mass is 10.1. The van der Waals surface area contributed by atoms with Crippen LogP contribution in [0.2, 0.25) is 0 Å². The molecule has 0 radical (unpaired) electrons. The smallest absolute Gasteiger partial charge is 0.254 e. The van der Waals surface area contributed by atoms with Crippen LogP contribution in [0.4, 0.5) is 0 Å². The number of carbonyl (C=O) groups excluding carboxylic acids is 1. The second-order valence-corrected chi connectivity index (χ2v) is 8.34. The number of sulfone groups is 1. The van der Waals surface area contributed by atoms with Gasteiger partial charge < -0.3 is 9.32 Å². The molecule has 24 heavy (non-hydrogen) atoms. The number of benzene rings is 1. The van der Waals surface area contributed by atoms with Crippen LogP contribution in [-0.2, 0) is 9.84 Å². The molecule has 0 bridgehead atoms. The van der Waals surface area contributed by atoms with Crippen LogP contribution in [-0.4, -0.2) is 31.0 Å². The molecule has 5 nitrogen and oxygen atoms in total. The summed E-state index contributed by atoms with van der Waals surface area (Å²) in [7, 11) is -3.26. The van der Waals surface area contributed by atoms with Gasteiger partial charge in [0.05, 0.1) is 23.0 Å². The zero-order valence-corrected chi connectivity index (χ0v) is 14.6. The van der Waals surface area contributed by atoms with E-state index in [-0.39, 0.29) is 28.6 Å². The van der Waals surface area contributed by atoms with E-state index in [9.17, 15) is 13.2 Å². The molecule has 1 saturated carbocycles. The fourth-order valence-electron chi connectivity index (χ4n) is 2.80. The van der Waals surface area contributed by atoms with Gasteiger partial charge in [0.1, 0.15) is 5.76 Å². The van der Waals surface area contributed by atoms with Crippen LogP contribution in [0.1, 0.15) is 48.8 Å². The van der Waals surface area contributed by atoms with Crippen LogP contribution < -0.4 is 0 Å². The van der Waals surface area contributed by atoms with Crippen molar-refractivity contribution in [1.82, 2.24) is 4.90 Å². The number of furan rings is 1. The number of nitrogens with zero attached hydrogens (tertiary/aromatic N) is 1. The third-order valence-corrected chi connectivity index (χ3v) is 6.14. The van der Waals surface area contributed by atoms with Crippen LogP contribution in [0.25, 0.3) is 0 Å². The largest absolute Gasteiger partial charge is 0.467 e. The standard InChI is InChI=1S/C18H21NO4S/c1-3-24(21,22)16-10-6-14(7-11-16)18(20)19(15-8-9-15)13(2)17-5-4-12-23-17/h4-7,10-13,15H,3,8-9H2,1-2H3/t13-/m0/s1. The summed E-state index contributed by atoms with van der Waals surface area (Å²) >= 11 is 0. The quantitative estimate of drug-likeness (QED) is 0.803. The molecule has 1 amide bonds. The third kappa shape index (κ3) is 3.24. The van der Waals surface area contributed by atoms with Gasteiger partial charge in [0, 0.05) is 11.6 Å². The molecular formula is C18H21NO4S. The zero-order chi connectivity index (χ0) is 17.3. The van der Waals surface area contributed by atoms with Crippen LogP contribution in [0.5, 0.6) is 0 Å². The van der Waals surface area contributed by atoms with Crippen molar-refractivity contribution in [3.05, 3.63) is 54.0 Å². The van der Waals surface area contributed by atoms with Crippen molar-refractivity contribution in [2.24, 2.45) is 0 Å². The molecule has 1 aliphatic carbocycles. The molecule has 1 fully saturated rings.